The van der Waals surface area contributed by atoms with Crippen molar-refractivity contribution in [3.05, 3.63) is 23.8 Å². The van der Waals surface area contributed by atoms with Crippen LogP contribution in [0.15, 0.2) is 18.2 Å². The van der Waals surface area contributed by atoms with E-state index in [-0.39, 0.29) is 17.9 Å². The molecule has 1 saturated heterocycles. The molecule has 5 nitrogen and oxygen atoms in total. The maximum Gasteiger partial charge on any atom is 0.223 e. The Balaban J connectivity index is 1.49. The van der Waals surface area contributed by atoms with Gasteiger partial charge in [-0.2, -0.15) is 0 Å². The molecule has 4 rings (SSSR count). The van der Waals surface area contributed by atoms with E-state index >= 15 is 0 Å². The van der Waals surface area contributed by atoms with Crippen molar-refractivity contribution in [2.75, 3.05) is 32.9 Å². The molecule has 0 N–H and O–H groups in total. The number of carbonyl (C=O) groups excluding carboxylic acids is 1. The van der Waals surface area contributed by atoms with Crippen LogP contribution in [0, 0.1) is 5.92 Å². The molecule has 1 aromatic carbocycles. The SMILES string of the molecule is CC1CN(C(=O)CC(c2ccc3c(c2)OCCO3)C2CC2)CCO1. The smallest absolute Gasteiger partial charge is 0.223 e. The molecule has 130 valence electrons. The Morgan fingerprint density at radius 3 is 2.75 bits per heavy atom. The summed E-state index contributed by atoms with van der Waals surface area (Å²) in [7, 11) is 0. The zero-order valence-corrected chi connectivity index (χ0v) is 14.2. The summed E-state index contributed by atoms with van der Waals surface area (Å²) in [6.45, 7) is 5.28. The minimum Gasteiger partial charge on any atom is -0.486 e. The fourth-order valence-corrected chi connectivity index (χ4v) is 3.71. The second-order valence-electron chi connectivity index (χ2n) is 7.07. The summed E-state index contributed by atoms with van der Waals surface area (Å²) < 4.78 is 16.9. The van der Waals surface area contributed by atoms with Crippen molar-refractivity contribution in [3.8, 4) is 11.5 Å². The molecule has 0 spiro atoms. The van der Waals surface area contributed by atoms with Gasteiger partial charge in [-0.25, -0.2) is 0 Å². The number of benzene rings is 1. The van der Waals surface area contributed by atoms with Gasteiger partial charge in [-0.15, -0.1) is 0 Å². The van der Waals surface area contributed by atoms with Gasteiger partial charge in [-0.05, 0) is 49.3 Å². The summed E-state index contributed by atoms with van der Waals surface area (Å²) in [6.07, 6.45) is 3.14. The third-order valence-corrected chi connectivity index (χ3v) is 5.17. The number of hydrogen-bond acceptors (Lipinski definition) is 4. The molecule has 1 aliphatic carbocycles. The van der Waals surface area contributed by atoms with Crippen LogP contribution in [-0.2, 0) is 9.53 Å². The summed E-state index contributed by atoms with van der Waals surface area (Å²) in [4.78, 5) is 14.7. The number of nitrogens with zero attached hydrogens (tertiary/aromatic N) is 1. The Labute approximate surface area is 142 Å². The van der Waals surface area contributed by atoms with Crippen LogP contribution in [0.25, 0.3) is 0 Å². The Morgan fingerprint density at radius 2 is 2.00 bits per heavy atom. The van der Waals surface area contributed by atoms with E-state index in [9.17, 15) is 4.79 Å². The van der Waals surface area contributed by atoms with E-state index in [2.05, 4.69) is 12.1 Å². The maximum atomic E-state index is 12.8. The van der Waals surface area contributed by atoms with Gasteiger partial charge in [-0.3, -0.25) is 4.79 Å². The number of ether oxygens (including phenoxy) is 3. The molecule has 0 aromatic heterocycles. The lowest BCUT2D eigenvalue weighted by atomic mass is 9.90. The quantitative estimate of drug-likeness (QED) is 0.851. The topological polar surface area (TPSA) is 48.0 Å². The molecule has 0 bridgehead atoms. The Morgan fingerprint density at radius 1 is 1.21 bits per heavy atom. The van der Waals surface area contributed by atoms with Gasteiger partial charge >= 0.3 is 0 Å². The molecule has 5 heteroatoms. The first-order chi connectivity index (χ1) is 11.7. The molecule has 24 heavy (non-hydrogen) atoms. The highest BCUT2D eigenvalue weighted by atomic mass is 16.6. The molecule has 0 radical (unpaired) electrons. The molecule has 2 fully saturated rings. The standard InChI is InChI=1S/C19H25NO4/c1-13-12-20(6-7-22-13)19(21)11-16(14-2-3-14)15-4-5-17-18(10-15)24-9-8-23-17/h4-5,10,13-14,16H,2-3,6-9,11-12H2,1H3. The minimum atomic E-state index is 0.136. The van der Waals surface area contributed by atoms with E-state index in [4.69, 9.17) is 14.2 Å². The molecule has 1 amide bonds. The molecule has 3 aliphatic rings. The largest absolute Gasteiger partial charge is 0.486 e. The lowest BCUT2D eigenvalue weighted by Gasteiger charge is -2.32. The highest BCUT2D eigenvalue weighted by molar-refractivity contribution is 5.77. The van der Waals surface area contributed by atoms with E-state index in [0.29, 0.717) is 45.2 Å². The van der Waals surface area contributed by atoms with Crippen LogP contribution in [-0.4, -0.2) is 49.8 Å². The van der Waals surface area contributed by atoms with E-state index in [1.807, 2.05) is 17.9 Å². The third kappa shape index (κ3) is 3.36. The fraction of sp³-hybridized carbons (Fsp3) is 0.632. The van der Waals surface area contributed by atoms with Crippen molar-refractivity contribution >= 4 is 5.91 Å². The predicted octanol–water partition coefficient (Wildman–Crippen LogP) is 2.59. The molecule has 2 unspecified atom stereocenters. The lowest BCUT2D eigenvalue weighted by Crippen LogP contribution is -2.44. The fourth-order valence-electron chi connectivity index (χ4n) is 3.71. The molecule has 1 saturated carbocycles. The van der Waals surface area contributed by atoms with Crippen molar-refractivity contribution in [1.29, 1.82) is 0 Å². The predicted molar refractivity (Wildman–Crippen MR) is 89.5 cm³/mol. The summed E-state index contributed by atoms with van der Waals surface area (Å²) >= 11 is 0. The molecule has 2 atom stereocenters. The van der Waals surface area contributed by atoms with Gasteiger partial charge in [0.2, 0.25) is 5.91 Å². The highest BCUT2D eigenvalue weighted by Gasteiger charge is 2.35. The van der Waals surface area contributed by atoms with Gasteiger partial charge in [0.25, 0.3) is 0 Å². The number of amides is 1. The summed E-state index contributed by atoms with van der Waals surface area (Å²) in [5, 5.41) is 0. The average molecular weight is 331 g/mol. The van der Waals surface area contributed by atoms with E-state index in [1.165, 1.54) is 18.4 Å². The molecule has 2 heterocycles. The second kappa shape index (κ2) is 6.63. The van der Waals surface area contributed by atoms with Crippen molar-refractivity contribution in [1.82, 2.24) is 4.90 Å². The lowest BCUT2D eigenvalue weighted by molar-refractivity contribution is -0.138. The third-order valence-electron chi connectivity index (χ3n) is 5.17. The molecule has 1 aromatic rings. The highest BCUT2D eigenvalue weighted by Crippen LogP contribution is 2.46. The zero-order valence-electron chi connectivity index (χ0n) is 14.2. The summed E-state index contributed by atoms with van der Waals surface area (Å²) in [5.74, 6) is 2.78. The van der Waals surface area contributed by atoms with Crippen LogP contribution < -0.4 is 9.47 Å². The van der Waals surface area contributed by atoms with Crippen LogP contribution >= 0.6 is 0 Å². The first-order valence-electron chi connectivity index (χ1n) is 8.99. The number of fused-ring (bicyclic) bond motifs is 1. The molecule has 2 aliphatic heterocycles. The number of morpholine rings is 1. The van der Waals surface area contributed by atoms with Crippen molar-refractivity contribution in [2.24, 2.45) is 5.92 Å². The first-order valence-corrected chi connectivity index (χ1v) is 8.99. The van der Waals surface area contributed by atoms with E-state index in [1.54, 1.807) is 0 Å². The molecular formula is C19H25NO4. The normalized spacial score (nSPS) is 24.5. The molecular weight excluding hydrogens is 306 g/mol. The van der Waals surface area contributed by atoms with Gasteiger partial charge in [0.1, 0.15) is 13.2 Å². The average Bonchev–Trinajstić information content (AvgIpc) is 3.44. The Kier molecular flexibility index (Phi) is 4.35. The number of rotatable bonds is 4. The van der Waals surface area contributed by atoms with Crippen LogP contribution in [0.3, 0.4) is 0 Å². The van der Waals surface area contributed by atoms with Crippen LogP contribution in [0.1, 0.15) is 37.7 Å². The van der Waals surface area contributed by atoms with E-state index in [0.717, 1.165) is 11.5 Å². The van der Waals surface area contributed by atoms with Gasteiger partial charge in [0, 0.05) is 19.5 Å². The van der Waals surface area contributed by atoms with Gasteiger partial charge in [0.05, 0.1) is 12.7 Å². The first kappa shape index (κ1) is 15.8. The van der Waals surface area contributed by atoms with E-state index < -0.39 is 0 Å². The van der Waals surface area contributed by atoms with Crippen molar-refractivity contribution < 1.29 is 19.0 Å². The van der Waals surface area contributed by atoms with Crippen molar-refractivity contribution in [2.45, 2.75) is 38.2 Å². The minimum absolute atomic E-state index is 0.136. The Hall–Kier alpha value is -1.75. The van der Waals surface area contributed by atoms with Gasteiger partial charge in [-0.1, -0.05) is 6.07 Å². The second-order valence-corrected chi connectivity index (χ2v) is 7.07. The summed E-state index contributed by atoms with van der Waals surface area (Å²) in [5.41, 5.74) is 1.21. The van der Waals surface area contributed by atoms with Crippen molar-refractivity contribution in [3.63, 3.8) is 0 Å². The monoisotopic (exact) mass is 331 g/mol. The van der Waals surface area contributed by atoms with Crippen LogP contribution in [0.2, 0.25) is 0 Å². The maximum absolute atomic E-state index is 12.8. The zero-order chi connectivity index (χ0) is 16.5. The Bertz CT molecular complexity index is 613. The number of hydrogen-bond donors (Lipinski definition) is 0. The summed E-state index contributed by atoms with van der Waals surface area (Å²) in [6, 6.07) is 6.17. The van der Waals surface area contributed by atoms with Crippen LogP contribution in [0.5, 0.6) is 11.5 Å². The van der Waals surface area contributed by atoms with Gasteiger partial charge < -0.3 is 19.1 Å². The van der Waals surface area contributed by atoms with Crippen LogP contribution in [0.4, 0.5) is 0 Å². The number of carbonyl (C=O) groups is 1. The van der Waals surface area contributed by atoms with Gasteiger partial charge in [0.15, 0.2) is 11.5 Å².